The number of ether oxygens (including phenoxy) is 1. The van der Waals surface area contributed by atoms with Crippen LogP contribution in [0.2, 0.25) is 0 Å². The van der Waals surface area contributed by atoms with Gasteiger partial charge in [0.15, 0.2) is 6.29 Å². The van der Waals surface area contributed by atoms with Crippen molar-refractivity contribution in [1.82, 2.24) is 0 Å². The second-order valence-electron chi connectivity index (χ2n) is 5.03. The van der Waals surface area contributed by atoms with Crippen LogP contribution in [0.25, 0.3) is 0 Å². The van der Waals surface area contributed by atoms with E-state index in [0.717, 1.165) is 12.8 Å². The SMILES string of the molecule is CC(O)Oc1ccccc1.CCCCCCCCOS(=O)(=O)[O-].[Na+]. The van der Waals surface area contributed by atoms with Gasteiger partial charge < -0.3 is 14.4 Å². The molecule has 0 aliphatic carbocycles. The number of aliphatic hydroxyl groups is 1. The summed E-state index contributed by atoms with van der Waals surface area (Å²) in [5, 5.41) is 8.78. The summed E-state index contributed by atoms with van der Waals surface area (Å²) in [7, 11) is -4.47. The molecule has 1 unspecified atom stereocenters. The Balaban J connectivity index is 0. The maximum absolute atomic E-state index is 9.99. The van der Waals surface area contributed by atoms with Crippen molar-refractivity contribution in [3.05, 3.63) is 30.3 Å². The van der Waals surface area contributed by atoms with E-state index in [4.69, 9.17) is 9.84 Å². The molecule has 0 bridgehead atoms. The Bertz CT molecular complexity index is 479. The zero-order valence-electron chi connectivity index (χ0n) is 14.8. The first-order valence-electron chi connectivity index (χ1n) is 7.85. The van der Waals surface area contributed by atoms with Gasteiger partial charge in [0.25, 0.3) is 0 Å². The van der Waals surface area contributed by atoms with Crippen LogP contribution in [0.1, 0.15) is 52.4 Å². The minimum absolute atomic E-state index is 0. The second kappa shape index (κ2) is 16.3. The van der Waals surface area contributed by atoms with Crippen LogP contribution in [0.5, 0.6) is 5.75 Å². The van der Waals surface area contributed by atoms with Crippen molar-refractivity contribution in [2.75, 3.05) is 6.61 Å². The van der Waals surface area contributed by atoms with Gasteiger partial charge in [0.1, 0.15) is 5.75 Å². The van der Waals surface area contributed by atoms with Gasteiger partial charge in [0, 0.05) is 0 Å². The molecule has 0 heterocycles. The van der Waals surface area contributed by atoms with Crippen molar-refractivity contribution in [1.29, 1.82) is 0 Å². The summed E-state index contributed by atoms with van der Waals surface area (Å²) in [6.07, 6.45) is 5.48. The van der Waals surface area contributed by atoms with Gasteiger partial charge in [0.2, 0.25) is 10.4 Å². The second-order valence-corrected chi connectivity index (χ2v) is 6.08. The van der Waals surface area contributed by atoms with Gasteiger partial charge in [-0.1, -0.05) is 57.2 Å². The number of aliphatic hydroxyl groups excluding tert-OH is 1. The standard InChI is InChI=1S/C8H18O4S.C8H10O2.Na/c1-2-3-4-5-6-7-8-12-13(9,10)11;1-7(9)10-8-5-3-2-4-6-8;/h2-8H2,1H3,(H,9,10,11);2-7,9H,1H3;/q;;+1/p-1. The van der Waals surface area contributed by atoms with Crippen LogP contribution in [0.15, 0.2) is 30.3 Å². The van der Waals surface area contributed by atoms with Gasteiger partial charge in [0.05, 0.1) is 6.61 Å². The molecule has 134 valence electrons. The molecular weight excluding hydrogens is 343 g/mol. The molecular formula is C16H27NaO6S. The number of para-hydroxylation sites is 1. The predicted molar refractivity (Wildman–Crippen MR) is 87.8 cm³/mol. The van der Waals surface area contributed by atoms with Crippen LogP contribution in [0.3, 0.4) is 0 Å². The van der Waals surface area contributed by atoms with Crippen molar-refractivity contribution in [3.8, 4) is 5.75 Å². The van der Waals surface area contributed by atoms with E-state index in [1.807, 2.05) is 18.2 Å². The van der Waals surface area contributed by atoms with Crippen LogP contribution in [0, 0.1) is 0 Å². The molecule has 0 saturated heterocycles. The first kappa shape index (κ1) is 26.1. The molecule has 6 nitrogen and oxygen atoms in total. The van der Waals surface area contributed by atoms with E-state index in [1.165, 1.54) is 19.3 Å². The third kappa shape index (κ3) is 19.9. The number of hydrogen-bond donors (Lipinski definition) is 1. The summed E-state index contributed by atoms with van der Waals surface area (Å²) in [6.45, 7) is 3.73. The van der Waals surface area contributed by atoms with Crippen LogP contribution in [-0.4, -0.2) is 31.0 Å². The molecule has 1 aromatic rings. The third-order valence-electron chi connectivity index (χ3n) is 2.78. The Hall–Kier alpha value is -0.150. The van der Waals surface area contributed by atoms with Gasteiger partial charge >= 0.3 is 29.6 Å². The largest absolute Gasteiger partial charge is 1.00 e. The average molecular weight is 370 g/mol. The Morgan fingerprint density at radius 2 is 1.62 bits per heavy atom. The molecule has 1 atom stereocenters. The zero-order chi connectivity index (χ0) is 17.6. The van der Waals surface area contributed by atoms with Crippen molar-refractivity contribution >= 4 is 10.4 Å². The minimum atomic E-state index is -4.47. The molecule has 8 heteroatoms. The number of benzene rings is 1. The number of rotatable bonds is 10. The Morgan fingerprint density at radius 3 is 2.12 bits per heavy atom. The Kier molecular flexibility index (Phi) is 17.7. The van der Waals surface area contributed by atoms with Crippen LogP contribution < -0.4 is 34.3 Å². The van der Waals surface area contributed by atoms with Crippen molar-refractivity contribution in [2.24, 2.45) is 0 Å². The monoisotopic (exact) mass is 370 g/mol. The van der Waals surface area contributed by atoms with Gasteiger partial charge in [-0.05, 0) is 25.5 Å². The summed E-state index contributed by atoms with van der Waals surface area (Å²) in [5.41, 5.74) is 0. The molecule has 0 aromatic heterocycles. The van der Waals surface area contributed by atoms with Gasteiger partial charge in [-0.3, -0.25) is 4.18 Å². The molecule has 24 heavy (non-hydrogen) atoms. The molecule has 0 aliphatic heterocycles. The topological polar surface area (TPSA) is 95.9 Å². The summed E-state index contributed by atoms with van der Waals surface area (Å²) in [6, 6.07) is 9.21. The number of hydrogen-bond acceptors (Lipinski definition) is 6. The summed E-state index contributed by atoms with van der Waals surface area (Å²) >= 11 is 0. The van der Waals surface area contributed by atoms with Crippen LogP contribution in [0.4, 0.5) is 0 Å². The van der Waals surface area contributed by atoms with Crippen LogP contribution >= 0.6 is 0 Å². The molecule has 0 aliphatic rings. The smallest absolute Gasteiger partial charge is 0.726 e. The van der Waals surface area contributed by atoms with E-state index in [-0.39, 0.29) is 36.2 Å². The van der Waals surface area contributed by atoms with Crippen molar-refractivity contribution in [2.45, 2.75) is 58.7 Å². The molecule has 1 N–H and O–H groups in total. The van der Waals surface area contributed by atoms with Gasteiger partial charge in [-0.15, -0.1) is 0 Å². The van der Waals surface area contributed by atoms with Crippen LogP contribution in [-0.2, 0) is 14.6 Å². The van der Waals surface area contributed by atoms with E-state index in [9.17, 15) is 13.0 Å². The zero-order valence-corrected chi connectivity index (χ0v) is 17.6. The van der Waals surface area contributed by atoms with E-state index in [0.29, 0.717) is 12.2 Å². The van der Waals surface area contributed by atoms with Crippen molar-refractivity contribution < 1.29 is 56.6 Å². The van der Waals surface area contributed by atoms with Gasteiger partial charge in [-0.25, -0.2) is 8.42 Å². The summed E-state index contributed by atoms with van der Waals surface area (Å²) in [4.78, 5) is 0. The summed E-state index contributed by atoms with van der Waals surface area (Å²) < 4.78 is 39.0. The average Bonchev–Trinajstić information content (AvgIpc) is 2.46. The molecule has 0 spiro atoms. The number of unbranched alkanes of at least 4 members (excludes halogenated alkanes) is 5. The summed E-state index contributed by atoms with van der Waals surface area (Å²) in [5.74, 6) is 0.692. The van der Waals surface area contributed by atoms with Gasteiger partial charge in [-0.2, -0.15) is 0 Å². The fourth-order valence-corrected chi connectivity index (χ4v) is 2.06. The molecule has 0 saturated carbocycles. The fraction of sp³-hybridized carbons (Fsp3) is 0.625. The van der Waals surface area contributed by atoms with E-state index in [2.05, 4.69) is 11.1 Å². The molecule has 1 rings (SSSR count). The van der Waals surface area contributed by atoms with Crippen molar-refractivity contribution in [3.63, 3.8) is 0 Å². The molecule has 0 amide bonds. The minimum Gasteiger partial charge on any atom is -0.726 e. The normalized spacial score (nSPS) is 11.7. The van der Waals surface area contributed by atoms with E-state index < -0.39 is 16.7 Å². The molecule has 1 aromatic carbocycles. The third-order valence-corrected chi connectivity index (χ3v) is 3.23. The Morgan fingerprint density at radius 1 is 1.08 bits per heavy atom. The first-order valence-corrected chi connectivity index (χ1v) is 9.18. The molecule has 0 radical (unpaired) electrons. The maximum atomic E-state index is 9.99. The van der Waals surface area contributed by atoms with E-state index in [1.54, 1.807) is 19.1 Å². The predicted octanol–water partition coefficient (Wildman–Crippen LogP) is 0.231. The fourth-order valence-electron chi connectivity index (χ4n) is 1.74. The Labute approximate surface area is 167 Å². The van der Waals surface area contributed by atoms with E-state index >= 15 is 0 Å². The quantitative estimate of drug-likeness (QED) is 0.208. The molecule has 0 fully saturated rings. The maximum Gasteiger partial charge on any atom is 1.00 e. The first-order chi connectivity index (χ1) is 10.8.